The molecule has 0 aliphatic carbocycles. The zero-order valence-electron chi connectivity index (χ0n) is 13.2. The number of nitrogens with one attached hydrogen (secondary N) is 1. The molecular weight excluding hydrogens is 328 g/mol. The van der Waals surface area contributed by atoms with Gasteiger partial charge in [-0.25, -0.2) is 5.14 Å². The van der Waals surface area contributed by atoms with Gasteiger partial charge in [0.25, 0.3) is 10.2 Å². The van der Waals surface area contributed by atoms with Gasteiger partial charge in [0, 0.05) is 43.0 Å². The third kappa shape index (κ3) is 2.60. The fourth-order valence-corrected chi connectivity index (χ4v) is 4.83. The number of rotatable bonds is 2. The highest BCUT2D eigenvalue weighted by molar-refractivity contribution is 7.86. The molecular formula is C16H20N4O3S. The van der Waals surface area contributed by atoms with Crippen molar-refractivity contribution < 1.29 is 8.42 Å². The number of hydrogen-bond acceptors (Lipinski definition) is 4. The van der Waals surface area contributed by atoms with E-state index in [1.165, 1.54) is 4.31 Å². The predicted molar refractivity (Wildman–Crippen MR) is 93.1 cm³/mol. The van der Waals surface area contributed by atoms with Gasteiger partial charge in [-0.05, 0) is 18.9 Å². The van der Waals surface area contributed by atoms with E-state index in [1.54, 1.807) is 6.07 Å². The van der Waals surface area contributed by atoms with Gasteiger partial charge in [0.1, 0.15) is 0 Å². The predicted octanol–water partition coefficient (Wildman–Crippen LogP) is 0.634. The maximum absolute atomic E-state index is 12.0. The van der Waals surface area contributed by atoms with Crippen LogP contribution in [0.3, 0.4) is 0 Å². The van der Waals surface area contributed by atoms with E-state index < -0.39 is 10.2 Å². The summed E-state index contributed by atoms with van der Waals surface area (Å²) in [4.78, 5) is 17.0. The molecule has 2 saturated heterocycles. The van der Waals surface area contributed by atoms with Crippen molar-refractivity contribution in [3.8, 4) is 0 Å². The van der Waals surface area contributed by atoms with E-state index in [0.717, 1.165) is 42.5 Å². The summed E-state index contributed by atoms with van der Waals surface area (Å²) < 4.78 is 24.5. The highest BCUT2D eigenvalue weighted by Gasteiger charge is 2.46. The number of pyridine rings is 1. The normalized spacial score (nSPS) is 25.1. The van der Waals surface area contributed by atoms with Gasteiger partial charge >= 0.3 is 0 Å². The molecule has 1 aromatic heterocycles. The number of anilines is 1. The standard InChI is InChI=1S/C16H20N4O3S/c17-24(22,23)20-8-6-16(11-20)5-7-19(10-16)14-9-15(21)18-13-4-2-1-3-12(13)14/h1-4,9H,5-8,10-11H2,(H,18,21)(H2,17,22,23). The summed E-state index contributed by atoms with van der Waals surface area (Å²) in [6, 6.07) is 9.37. The molecule has 2 fully saturated rings. The molecule has 7 nitrogen and oxygen atoms in total. The molecule has 0 saturated carbocycles. The van der Waals surface area contributed by atoms with Crippen LogP contribution in [-0.2, 0) is 10.2 Å². The van der Waals surface area contributed by atoms with Crippen molar-refractivity contribution in [3.63, 3.8) is 0 Å². The fourth-order valence-electron chi connectivity index (χ4n) is 4.03. The van der Waals surface area contributed by atoms with Crippen molar-refractivity contribution in [1.29, 1.82) is 0 Å². The molecule has 4 rings (SSSR count). The second-order valence-corrected chi connectivity index (χ2v) is 8.41. The number of nitrogens with two attached hydrogens (primary N) is 1. The Bertz CT molecular complexity index is 955. The molecule has 1 atom stereocenters. The molecule has 8 heteroatoms. The van der Waals surface area contributed by atoms with Crippen molar-refractivity contribution in [2.24, 2.45) is 10.6 Å². The van der Waals surface area contributed by atoms with Gasteiger partial charge in [0.15, 0.2) is 0 Å². The molecule has 0 radical (unpaired) electrons. The van der Waals surface area contributed by atoms with Gasteiger partial charge in [-0.1, -0.05) is 18.2 Å². The number of fused-ring (bicyclic) bond motifs is 1. The monoisotopic (exact) mass is 348 g/mol. The number of aromatic amines is 1. The Labute approximate surface area is 140 Å². The maximum Gasteiger partial charge on any atom is 0.276 e. The average molecular weight is 348 g/mol. The summed E-state index contributed by atoms with van der Waals surface area (Å²) in [5, 5.41) is 6.28. The van der Waals surface area contributed by atoms with Crippen molar-refractivity contribution in [3.05, 3.63) is 40.7 Å². The first-order valence-electron chi connectivity index (χ1n) is 8.01. The second kappa shape index (κ2) is 5.30. The number of nitrogens with zero attached hydrogens (tertiary/aromatic N) is 2. The maximum atomic E-state index is 12.0. The molecule has 1 spiro atoms. The zero-order valence-corrected chi connectivity index (χ0v) is 14.1. The third-order valence-corrected chi connectivity index (χ3v) is 6.30. The minimum absolute atomic E-state index is 0.0733. The molecule has 2 aliphatic heterocycles. The Morgan fingerprint density at radius 1 is 1.12 bits per heavy atom. The Balaban J connectivity index is 1.66. The van der Waals surface area contributed by atoms with Gasteiger partial charge < -0.3 is 9.88 Å². The number of H-pyrrole nitrogens is 1. The van der Waals surface area contributed by atoms with Gasteiger partial charge in [-0.15, -0.1) is 0 Å². The Hall–Kier alpha value is -1.90. The van der Waals surface area contributed by atoms with Gasteiger partial charge in [-0.2, -0.15) is 12.7 Å². The molecule has 2 aliphatic rings. The van der Waals surface area contributed by atoms with Gasteiger partial charge in [0.2, 0.25) is 5.56 Å². The lowest BCUT2D eigenvalue weighted by atomic mass is 9.86. The third-order valence-electron chi connectivity index (χ3n) is 5.27. The summed E-state index contributed by atoms with van der Waals surface area (Å²) in [5.74, 6) is 0. The van der Waals surface area contributed by atoms with Crippen molar-refractivity contribution >= 4 is 26.8 Å². The lowest BCUT2D eigenvalue weighted by Crippen LogP contribution is -2.37. The largest absolute Gasteiger partial charge is 0.370 e. The van der Waals surface area contributed by atoms with Crippen LogP contribution in [0.5, 0.6) is 0 Å². The number of aromatic nitrogens is 1. The highest BCUT2D eigenvalue weighted by atomic mass is 32.2. The van der Waals surface area contributed by atoms with Crippen LogP contribution in [0.2, 0.25) is 0 Å². The smallest absolute Gasteiger partial charge is 0.276 e. The quantitative estimate of drug-likeness (QED) is 0.831. The first kappa shape index (κ1) is 15.6. The van der Waals surface area contributed by atoms with E-state index in [9.17, 15) is 13.2 Å². The van der Waals surface area contributed by atoms with Crippen LogP contribution in [0.1, 0.15) is 12.8 Å². The van der Waals surface area contributed by atoms with E-state index >= 15 is 0 Å². The molecule has 1 aromatic carbocycles. The minimum Gasteiger partial charge on any atom is -0.370 e. The average Bonchev–Trinajstić information content (AvgIpc) is 3.14. The van der Waals surface area contributed by atoms with Crippen LogP contribution in [-0.4, -0.2) is 43.9 Å². The Morgan fingerprint density at radius 2 is 1.88 bits per heavy atom. The number of hydrogen-bond donors (Lipinski definition) is 2. The van der Waals surface area contributed by atoms with E-state index in [-0.39, 0.29) is 11.0 Å². The van der Waals surface area contributed by atoms with Crippen molar-refractivity contribution in [1.82, 2.24) is 9.29 Å². The lowest BCUT2D eigenvalue weighted by Gasteiger charge is -2.25. The Kier molecular flexibility index (Phi) is 3.45. The molecule has 1 unspecified atom stereocenters. The molecule has 128 valence electrons. The SMILES string of the molecule is NS(=O)(=O)N1CCC2(CCN(c3cc(=O)[nH]c4ccccc34)C2)C1. The van der Waals surface area contributed by atoms with E-state index in [2.05, 4.69) is 9.88 Å². The molecule has 3 N–H and O–H groups in total. The molecule has 24 heavy (non-hydrogen) atoms. The topological polar surface area (TPSA) is 99.5 Å². The van der Waals surface area contributed by atoms with Crippen LogP contribution >= 0.6 is 0 Å². The van der Waals surface area contributed by atoms with Crippen LogP contribution < -0.4 is 15.6 Å². The number of para-hydroxylation sites is 1. The lowest BCUT2D eigenvalue weighted by molar-refractivity contribution is 0.342. The van der Waals surface area contributed by atoms with E-state index in [0.29, 0.717) is 13.1 Å². The van der Waals surface area contributed by atoms with Gasteiger partial charge in [0.05, 0.1) is 11.2 Å². The highest BCUT2D eigenvalue weighted by Crippen LogP contribution is 2.42. The summed E-state index contributed by atoms with van der Waals surface area (Å²) in [6.45, 7) is 2.49. The van der Waals surface area contributed by atoms with Crippen LogP contribution in [0.15, 0.2) is 35.1 Å². The molecule has 3 heterocycles. The van der Waals surface area contributed by atoms with Gasteiger partial charge in [-0.3, -0.25) is 4.79 Å². The first-order chi connectivity index (χ1) is 11.4. The fraction of sp³-hybridized carbons (Fsp3) is 0.438. The van der Waals surface area contributed by atoms with Crippen molar-refractivity contribution in [2.75, 3.05) is 31.1 Å². The van der Waals surface area contributed by atoms with E-state index in [1.807, 2.05) is 24.3 Å². The zero-order chi connectivity index (χ0) is 16.9. The van der Waals surface area contributed by atoms with Crippen molar-refractivity contribution in [2.45, 2.75) is 12.8 Å². The summed E-state index contributed by atoms with van der Waals surface area (Å²) >= 11 is 0. The molecule has 0 bridgehead atoms. The van der Waals surface area contributed by atoms with E-state index in [4.69, 9.17) is 5.14 Å². The number of benzene rings is 1. The van der Waals surface area contributed by atoms with Crippen LogP contribution in [0, 0.1) is 5.41 Å². The van der Waals surface area contributed by atoms with Crippen LogP contribution in [0.4, 0.5) is 5.69 Å². The first-order valence-corrected chi connectivity index (χ1v) is 9.52. The minimum atomic E-state index is -3.63. The summed E-state index contributed by atoms with van der Waals surface area (Å²) in [5.41, 5.74) is 1.54. The molecule has 2 aromatic rings. The van der Waals surface area contributed by atoms with Crippen LogP contribution in [0.25, 0.3) is 10.9 Å². The molecule has 0 amide bonds. The Morgan fingerprint density at radius 3 is 2.62 bits per heavy atom. The second-order valence-electron chi connectivity index (χ2n) is 6.86. The summed E-state index contributed by atoms with van der Waals surface area (Å²) in [6.07, 6.45) is 1.71. The summed E-state index contributed by atoms with van der Waals surface area (Å²) in [7, 11) is -3.63.